The number of aromatic nitrogens is 4. The molecular weight excluding hydrogens is 340 g/mol. The molecule has 2 aromatic heterocycles. The molecule has 27 heavy (non-hydrogen) atoms. The molecule has 1 aliphatic heterocycles. The quantitative estimate of drug-likeness (QED) is 0.732. The Balaban J connectivity index is 1.70. The van der Waals surface area contributed by atoms with Crippen molar-refractivity contribution >= 4 is 11.7 Å². The number of amides is 1. The first-order chi connectivity index (χ1) is 12.9. The fourth-order valence-electron chi connectivity index (χ4n) is 3.38. The zero-order valence-corrected chi connectivity index (χ0v) is 17.0. The number of aryl methyl sites for hydroxylation is 2. The van der Waals surface area contributed by atoms with Crippen molar-refractivity contribution in [3.8, 4) is 0 Å². The molecule has 1 aliphatic rings. The van der Waals surface area contributed by atoms with E-state index in [1.165, 1.54) is 11.3 Å². The molecule has 0 spiro atoms. The summed E-state index contributed by atoms with van der Waals surface area (Å²) in [6, 6.07) is 0. The lowest BCUT2D eigenvalue weighted by Crippen LogP contribution is -2.34. The summed E-state index contributed by atoms with van der Waals surface area (Å²) in [7, 11) is 0. The van der Waals surface area contributed by atoms with E-state index >= 15 is 0 Å². The van der Waals surface area contributed by atoms with Crippen LogP contribution in [-0.4, -0.2) is 38.7 Å². The summed E-state index contributed by atoms with van der Waals surface area (Å²) >= 11 is 0. The number of anilines is 1. The fourth-order valence-corrected chi connectivity index (χ4v) is 3.38. The highest BCUT2D eigenvalue weighted by Crippen LogP contribution is 2.21. The number of hydrogen-bond donors (Lipinski definition) is 2. The minimum absolute atomic E-state index is 0.0928. The van der Waals surface area contributed by atoms with Crippen LogP contribution in [0.15, 0.2) is 0 Å². The lowest BCUT2D eigenvalue weighted by atomic mass is 10.0. The third kappa shape index (κ3) is 4.28. The van der Waals surface area contributed by atoms with Crippen LogP contribution < -0.4 is 10.6 Å². The van der Waals surface area contributed by atoms with E-state index in [1.807, 2.05) is 6.92 Å². The zero-order chi connectivity index (χ0) is 19.6. The van der Waals surface area contributed by atoms with Crippen LogP contribution in [0, 0.1) is 26.7 Å². The van der Waals surface area contributed by atoms with Gasteiger partial charge in [-0.1, -0.05) is 13.8 Å². The van der Waals surface area contributed by atoms with Crippen LogP contribution in [0.4, 0.5) is 5.82 Å². The topological polar surface area (TPSA) is 84.7 Å². The number of rotatable bonds is 7. The average Bonchev–Trinajstić information content (AvgIpc) is 2.86. The van der Waals surface area contributed by atoms with Crippen LogP contribution in [0.5, 0.6) is 0 Å². The monoisotopic (exact) mass is 370 g/mol. The second-order valence-corrected chi connectivity index (χ2v) is 7.72. The van der Waals surface area contributed by atoms with Gasteiger partial charge in [-0.05, 0) is 45.1 Å². The summed E-state index contributed by atoms with van der Waals surface area (Å²) < 4.78 is 2.07. The van der Waals surface area contributed by atoms with Gasteiger partial charge in [0.05, 0.1) is 5.69 Å². The molecule has 2 N–H and O–H groups in total. The van der Waals surface area contributed by atoms with Crippen LogP contribution >= 0.6 is 0 Å². The van der Waals surface area contributed by atoms with E-state index in [0.29, 0.717) is 18.2 Å². The minimum atomic E-state index is -0.0928. The summed E-state index contributed by atoms with van der Waals surface area (Å²) in [4.78, 5) is 21.5. The molecule has 0 saturated heterocycles. The van der Waals surface area contributed by atoms with Gasteiger partial charge in [-0.3, -0.25) is 9.48 Å². The molecule has 7 heteroatoms. The lowest BCUT2D eigenvalue weighted by molar-refractivity contribution is 0.0940. The van der Waals surface area contributed by atoms with Crippen LogP contribution in [0.2, 0.25) is 0 Å². The number of fused-ring (bicyclic) bond motifs is 1. The molecule has 3 rings (SSSR count). The highest BCUT2D eigenvalue weighted by molar-refractivity contribution is 5.95. The van der Waals surface area contributed by atoms with E-state index in [2.05, 4.69) is 53.1 Å². The van der Waals surface area contributed by atoms with Crippen molar-refractivity contribution in [2.75, 3.05) is 18.4 Å². The number of nitrogens with zero attached hydrogens (tertiary/aromatic N) is 4. The van der Waals surface area contributed by atoms with Crippen molar-refractivity contribution in [2.45, 2.75) is 60.4 Å². The maximum atomic E-state index is 12.2. The molecule has 0 bridgehead atoms. The van der Waals surface area contributed by atoms with Gasteiger partial charge in [0.25, 0.3) is 5.91 Å². The third-order valence-corrected chi connectivity index (χ3v) is 5.10. The van der Waals surface area contributed by atoms with E-state index < -0.39 is 0 Å². The van der Waals surface area contributed by atoms with Gasteiger partial charge >= 0.3 is 0 Å². The molecule has 0 saturated carbocycles. The minimum Gasteiger partial charge on any atom is -0.370 e. The van der Waals surface area contributed by atoms with E-state index in [4.69, 9.17) is 4.98 Å². The van der Waals surface area contributed by atoms with Crippen LogP contribution in [0.3, 0.4) is 0 Å². The van der Waals surface area contributed by atoms with Crippen LogP contribution in [0.25, 0.3) is 0 Å². The van der Waals surface area contributed by atoms with Crippen molar-refractivity contribution < 1.29 is 4.79 Å². The maximum absolute atomic E-state index is 12.2. The Bertz CT molecular complexity index is 839. The number of hydrogen-bond acceptors (Lipinski definition) is 5. The van der Waals surface area contributed by atoms with Crippen molar-refractivity contribution in [1.29, 1.82) is 0 Å². The largest absolute Gasteiger partial charge is 0.370 e. The molecule has 0 atom stereocenters. The van der Waals surface area contributed by atoms with Crippen LogP contribution in [0.1, 0.15) is 59.1 Å². The van der Waals surface area contributed by atoms with Gasteiger partial charge in [0.2, 0.25) is 0 Å². The molecule has 0 aromatic carbocycles. The first-order valence-corrected chi connectivity index (χ1v) is 9.79. The fraction of sp³-hybridized carbons (Fsp3) is 0.600. The Labute approximate surface area is 161 Å². The predicted molar refractivity (Wildman–Crippen MR) is 106 cm³/mol. The van der Waals surface area contributed by atoms with E-state index in [9.17, 15) is 4.79 Å². The smallest absolute Gasteiger partial charge is 0.270 e. The van der Waals surface area contributed by atoms with Crippen molar-refractivity contribution in [3.63, 3.8) is 0 Å². The lowest BCUT2D eigenvalue weighted by Gasteiger charge is -2.20. The number of nitrogens with one attached hydrogen (secondary N) is 2. The van der Waals surface area contributed by atoms with Crippen molar-refractivity contribution in [2.24, 2.45) is 5.92 Å². The Morgan fingerprint density at radius 3 is 2.67 bits per heavy atom. The molecule has 1 amide bonds. The van der Waals surface area contributed by atoms with E-state index in [1.54, 1.807) is 0 Å². The normalized spacial score (nSPS) is 13.6. The zero-order valence-electron chi connectivity index (χ0n) is 17.0. The highest BCUT2D eigenvalue weighted by Gasteiger charge is 2.23. The molecule has 0 fully saturated rings. The molecule has 0 radical (unpaired) electrons. The van der Waals surface area contributed by atoms with Gasteiger partial charge in [0, 0.05) is 37.3 Å². The van der Waals surface area contributed by atoms with Crippen molar-refractivity contribution in [3.05, 3.63) is 34.0 Å². The highest BCUT2D eigenvalue weighted by atomic mass is 16.1. The summed E-state index contributed by atoms with van der Waals surface area (Å²) in [6.07, 6.45) is 2.47. The second-order valence-electron chi connectivity index (χ2n) is 7.72. The first kappa shape index (κ1) is 19.3. The summed E-state index contributed by atoms with van der Waals surface area (Å²) in [5.74, 6) is 1.90. The second kappa shape index (κ2) is 8.06. The average molecular weight is 371 g/mol. The Hall–Kier alpha value is -2.44. The van der Waals surface area contributed by atoms with Gasteiger partial charge in [-0.25, -0.2) is 9.97 Å². The Kier molecular flexibility index (Phi) is 5.77. The van der Waals surface area contributed by atoms with E-state index in [-0.39, 0.29) is 5.91 Å². The third-order valence-electron chi connectivity index (χ3n) is 5.10. The van der Waals surface area contributed by atoms with Gasteiger partial charge in [0.15, 0.2) is 0 Å². The predicted octanol–water partition coefficient (Wildman–Crippen LogP) is 2.58. The molecule has 0 aliphatic carbocycles. The van der Waals surface area contributed by atoms with Gasteiger partial charge in [-0.2, -0.15) is 5.10 Å². The summed E-state index contributed by atoms with van der Waals surface area (Å²) in [5, 5.41) is 10.9. The Morgan fingerprint density at radius 2 is 2.00 bits per heavy atom. The molecule has 146 valence electrons. The summed E-state index contributed by atoms with van der Waals surface area (Å²) in [6.45, 7) is 12.8. The molecule has 2 aromatic rings. The van der Waals surface area contributed by atoms with Gasteiger partial charge in [0.1, 0.15) is 17.3 Å². The number of carbonyl (C=O) groups excluding carboxylic acids is 1. The first-order valence-electron chi connectivity index (χ1n) is 9.79. The van der Waals surface area contributed by atoms with Crippen molar-refractivity contribution in [1.82, 2.24) is 25.1 Å². The maximum Gasteiger partial charge on any atom is 0.270 e. The number of carbonyl (C=O) groups is 1. The SMILES string of the molecule is Cc1nn(CCCNc2nc(CC(C)C)nc3c2CCNC3=O)c(C)c1C. The molecular formula is C20H30N6O. The molecule has 3 heterocycles. The van der Waals surface area contributed by atoms with E-state index in [0.717, 1.165) is 55.3 Å². The standard InChI is InChI=1S/C20H30N6O/c1-12(2)11-17-23-18-16(7-9-22-20(18)27)19(24-17)21-8-6-10-26-15(5)13(3)14(4)25-26/h12H,6-11H2,1-5H3,(H,22,27)(H,21,23,24). The Morgan fingerprint density at radius 1 is 1.22 bits per heavy atom. The van der Waals surface area contributed by atoms with Gasteiger partial charge < -0.3 is 10.6 Å². The van der Waals surface area contributed by atoms with Gasteiger partial charge in [-0.15, -0.1) is 0 Å². The summed E-state index contributed by atoms with van der Waals surface area (Å²) in [5.41, 5.74) is 5.05. The molecule has 0 unspecified atom stereocenters. The molecule has 7 nitrogen and oxygen atoms in total. The van der Waals surface area contributed by atoms with Crippen LogP contribution in [-0.2, 0) is 19.4 Å².